The van der Waals surface area contributed by atoms with Crippen molar-refractivity contribution in [1.29, 1.82) is 0 Å². The highest BCUT2D eigenvalue weighted by Gasteiger charge is 2.07. The summed E-state index contributed by atoms with van der Waals surface area (Å²) < 4.78 is 14.8. The summed E-state index contributed by atoms with van der Waals surface area (Å²) in [6, 6.07) is 13.8. The third kappa shape index (κ3) is 3.45. The number of hydrogen-bond donors (Lipinski definition) is 1. The first-order valence-corrected chi connectivity index (χ1v) is 7.25. The summed E-state index contributed by atoms with van der Waals surface area (Å²) in [6.45, 7) is 0.345. The van der Waals surface area contributed by atoms with Crippen LogP contribution in [0.25, 0.3) is 17.1 Å². The van der Waals surface area contributed by atoms with Crippen LogP contribution in [0.15, 0.2) is 54.6 Å². The smallest absolute Gasteiger partial charge is 0.244 e. The predicted octanol–water partition coefficient (Wildman–Crippen LogP) is 3.04. The number of carbonyl (C=O) groups excluding carboxylic acids is 1. The number of nitrogens with zero attached hydrogens (tertiary/aromatic N) is 2. The van der Waals surface area contributed by atoms with E-state index in [0.717, 1.165) is 22.4 Å². The fourth-order valence-electron chi connectivity index (χ4n) is 2.32. The maximum absolute atomic E-state index is 12.8. The Labute approximate surface area is 133 Å². The molecule has 0 atom stereocenters. The molecule has 0 radical (unpaired) electrons. The van der Waals surface area contributed by atoms with Gasteiger partial charge < -0.3 is 9.88 Å². The Kier molecular flexibility index (Phi) is 4.19. The van der Waals surface area contributed by atoms with Gasteiger partial charge in [-0.2, -0.15) is 0 Å². The van der Waals surface area contributed by atoms with Crippen LogP contribution in [0.2, 0.25) is 0 Å². The molecule has 23 heavy (non-hydrogen) atoms. The summed E-state index contributed by atoms with van der Waals surface area (Å²) in [5.41, 5.74) is 2.70. The van der Waals surface area contributed by atoms with Gasteiger partial charge in [0.2, 0.25) is 5.91 Å². The van der Waals surface area contributed by atoms with Crippen LogP contribution in [-0.2, 0) is 18.4 Å². The van der Waals surface area contributed by atoms with Crippen molar-refractivity contribution in [2.24, 2.45) is 7.05 Å². The normalized spacial score (nSPS) is 11.2. The molecule has 3 rings (SSSR count). The maximum Gasteiger partial charge on any atom is 0.244 e. The van der Waals surface area contributed by atoms with Crippen LogP contribution in [0.1, 0.15) is 11.4 Å². The van der Waals surface area contributed by atoms with E-state index >= 15 is 0 Å². The molecule has 2 aromatic carbocycles. The highest BCUT2D eigenvalue weighted by molar-refractivity contribution is 5.91. The van der Waals surface area contributed by atoms with E-state index < -0.39 is 0 Å². The number of para-hydroxylation sites is 2. The van der Waals surface area contributed by atoms with Crippen LogP contribution >= 0.6 is 0 Å². The van der Waals surface area contributed by atoms with Crippen molar-refractivity contribution in [3.8, 4) is 0 Å². The van der Waals surface area contributed by atoms with Gasteiger partial charge in [-0.1, -0.05) is 24.3 Å². The standard InChI is InChI=1S/C18H16FN3O/c1-22-16-5-3-2-4-15(16)21-17(22)12-20-18(23)11-8-13-6-9-14(19)10-7-13/h2-11H,12H2,1H3,(H,20,23)/b11-8+. The van der Waals surface area contributed by atoms with Gasteiger partial charge in [-0.15, -0.1) is 0 Å². The molecule has 1 aromatic heterocycles. The summed E-state index contributed by atoms with van der Waals surface area (Å²) in [6.07, 6.45) is 3.07. The van der Waals surface area contributed by atoms with E-state index in [-0.39, 0.29) is 11.7 Å². The van der Waals surface area contributed by atoms with Gasteiger partial charge in [0.25, 0.3) is 0 Å². The monoisotopic (exact) mass is 309 g/mol. The predicted molar refractivity (Wildman–Crippen MR) is 88.0 cm³/mol. The number of halogens is 1. The largest absolute Gasteiger partial charge is 0.345 e. The van der Waals surface area contributed by atoms with Crippen LogP contribution in [0.3, 0.4) is 0 Å². The van der Waals surface area contributed by atoms with Crippen molar-refractivity contribution in [1.82, 2.24) is 14.9 Å². The Morgan fingerprint density at radius 3 is 2.70 bits per heavy atom. The van der Waals surface area contributed by atoms with Crippen molar-refractivity contribution >= 4 is 23.0 Å². The fraction of sp³-hybridized carbons (Fsp3) is 0.111. The number of imidazole rings is 1. The van der Waals surface area contributed by atoms with Crippen molar-refractivity contribution in [2.75, 3.05) is 0 Å². The summed E-state index contributed by atoms with van der Waals surface area (Å²) in [7, 11) is 1.92. The second-order valence-electron chi connectivity index (χ2n) is 5.18. The number of nitrogens with one attached hydrogen (secondary N) is 1. The Balaban J connectivity index is 1.64. The number of rotatable bonds is 4. The zero-order valence-electron chi connectivity index (χ0n) is 12.7. The van der Waals surface area contributed by atoms with Crippen LogP contribution in [0.5, 0.6) is 0 Å². The average molecular weight is 309 g/mol. The van der Waals surface area contributed by atoms with E-state index in [0.29, 0.717) is 6.54 Å². The molecule has 0 aliphatic heterocycles. The Morgan fingerprint density at radius 1 is 1.22 bits per heavy atom. The number of aromatic nitrogens is 2. The van der Waals surface area contributed by atoms with Crippen LogP contribution in [0, 0.1) is 5.82 Å². The molecule has 1 heterocycles. The summed E-state index contributed by atoms with van der Waals surface area (Å²) in [5, 5.41) is 2.80. The molecular weight excluding hydrogens is 293 g/mol. The molecular formula is C18H16FN3O. The summed E-state index contributed by atoms with van der Waals surface area (Å²) in [5.74, 6) is 0.268. The molecule has 0 bridgehead atoms. The first kappa shape index (κ1) is 15.0. The van der Waals surface area contributed by atoms with Crippen LogP contribution in [-0.4, -0.2) is 15.5 Å². The molecule has 0 saturated carbocycles. The van der Waals surface area contributed by atoms with Gasteiger partial charge in [0.05, 0.1) is 17.6 Å². The Bertz CT molecular complexity index is 866. The van der Waals surface area contributed by atoms with Gasteiger partial charge in [-0.25, -0.2) is 9.37 Å². The molecule has 0 aliphatic carbocycles. The van der Waals surface area contributed by atoms with E-state index in [2.05, 4.69) is 10.3 Å². The number of hydrogen-bond acceptors (Lipinski definition) is 2. The molecule has 0 spiro atoms. The van der Waals surface area contributed by atoms with Gasteiger partial charge in [0, 0.05) is 13.1 Å². The van der Waals surface area contributed by atoms with E-state index in [1.54, 1.807) is 18.2 Å². The molecule has 3 aromatic rings. The second kappa shape index (κ2) is 6.44. The molecule has 5 heteroatoms. The Hall–Kier alpha value is -2.95. The molecule has 116 valence electrons. The number of carbonyl (C=O) groups is 1. The lowest BCUT2D eigenvalue weighted by atomic mass is 10.2. The fourth-order valence-corrected chi connectivity index (χ4v) is 2.32. The third-order valence-electron chi connectivity index (χ3n) is 3.60. The summed E-state index contributed by atoms with van der Waals surface area (Å²) in [4.78, 5) is 16.4. The highest BCUT2D eigenvalue weighted by Crippen LogP contribution is 2.13. The highest BCUT2D eigenvalue weighted by atomic mass is 19.1. The average Bonchev–Trinajstić information content (AvgIpc) is 2.89. The first-order chi connectivity index (χ1) is 11.1. The van der Waals surface area contributed by atoms with Crippen molar-refractivity contribution in [3.05, 3.63) is 71.8 Å². The molecule has 0 aliphatic rings. The molecule has 0 unspecified atom stereocenters. The van der Waals surface area contributed by atoms with Gasteiger partial charge in [0.15, 0.2) is 0 Å². The van der Waals surface area contributed by atoms with Crippen molar-refractivity contribution in [2.45, 2.75) is 6.54 Å². The lowest BCUT2D eigenvalue weighted by molar-refractivity contribution is -0.116. The zero-order chi connectivity index (χ0) is 16.2. The molecule has 1 amide bonds. The number of amides is 1. The van der Waals surface area contributed by atoms with Crippen molar-refractivity contribution in [3.63, 3.8) is 0 Å². The van der Waals surface area contributed by atoms with Crippen molar-refractivity contribution < 1.29 is 9.18 Å². The number of aryl methyl sites for hydroxylation is 1. The molecule has 4 nitrogen and oxygen atoms in total. The SMILES string of the molecule is Cn1c(CNC(=O)/C=C/c2ccc(F)cc2)nc2ccccc21. The lowest BCUT2D eigenvalue weighted by Crippen LogP contribution is -2.22. The Morgan fingerprint density at radius 2 is 1.96 bits per heavy atom. The van der Waals surface area contributed by atoms with Crippen LogP contribution < -0.4 is 5.32 Å². The lowest BCUT2D eigenvalue weighted by Gasteiger charge is -2.03. The van der Waals surface area contributed by atoms with E-state index in [9.17, 15) is 9.18 Å². The van der Waals surface area contributed by atoms with E-state index in [1.165, 1.54) is 18.2 Å². The third-order valence-corrected chi connectivity index (χ3v) is 3.60. The molecule has 0 fully saturated rings. The van der Waals surface area contributed by atoms with Gasteiger partial charge in [-0.05, 0) is 35.9 Å². The van der Waals surface area contributed by atoms with Crippen LogP contribution in [0.4, 0.5) is 4.39 Å². The first-order valence-electron chi connectivity index (χ1n) is 7.25. The van der Waals surface area contributed by atoms with Gasteiger partial charge >= 0.3 is 0 Å². The second-order valence-corrected chi connectivity index (χ2v) is 5.18. The van der Waals surface area contributed by atoms with Gasteiger partial charge in [-0.3, -0.25) is 4.79 Å². The molecule has 1 N–H and O–H groups in total. The summed E-state index contributed by atoms with van der Waals surface area (Å²) >= 11 is 0. The number of benzene rings is 2. The van der Waals surface area contributed by atoms with Gasteiger partial charge in [0.1, 0.15) is 11.6 Å². The quantitative estimate of drug-likeness (QED) is 0.753. The minimum absolute atomic E-state index is 0.221. The van der Waals surface area contributed by atoms with E-state index in [1.807, 2.05) is 35.9 Å². The minimum atomic E-state index is -0.298. The number of fused-ring (bicyclic) bond motifs is 1. The van der Waals surface area contributed by atoms with E-state index in [4.69, 9.17) is 0 Å². The minimum Gasteiger partial charge on any atom is -0.345 e. The molecule has 0 saturated heterocycles. The maximum atomic E-state index is 12.8. The zero-order valence-corrected chi connectivity index (χ0v) is 12.7. The topological polar surface area (TPSA) is 46.9 Å².